The number of urea groups is 1. The normalized spacial score (nSPS) is 23.7. The Morgan fingerprint density at radius 3 is 2.68 bits per heavy atom. The molecule has 2 aliphatic heterocycles. The maximum atomic E-state index is 14.4. The first kappa shape index (κ1) is 28.6. The lowest BCUT2D eigenvalue weighted by Crippen LogP contribution is -2.56. The van der Waals surface area contributed by atoms with E-state index in [-0.39, 0.29) is 18.5 Å². The Labute approximate surface area is 240 Å². The van der Waals surface area contributed by atoms with Gasteiger partial charge in [-0.2, -0.15) is 5.10 Å². The predicted molar refractivity (Wildman–Crippen MR) is 153 cm³/mol. The fourth-order valence-corrected chi connectivity index (χ4v) is 6.23. The first-order chi connectivity index (χ1) is 19.7. The Bertz CT molecular complexity index is 1370. The highest BCUT2D eigenvalue weighted by atomic mass is 19.1. The van der Waals surface area contributed by atoms with Gasteiger partial charge >= 0.3 is 6.03 Å². The largest absolute Gasteiger partial charge is 0.497 e. The van der Waals surface area contributed by atoms with Crippen molar-refractivity contribution in [1.29, 1.82) is 0 Å². The Balaban J connectivity index is 1.47. The molecule has 41 heavy (non-hydrogen) atoms. The van der Waals surface area contributed by atoms with Gasteiger partial charge in [0.05, 0.1) is 25.4 Å². The quantitative estimate of drug-likeness (QED) is 0.511. The monoisotopic (exact) mass is 563 g/mol. The molecule has 1 spiro atoms. The topological polar surface area (TPSA) is 102 Å². The summed E-state index contributed by atoms with van der Waals surface area (Å²) in [5.41, 5.74) is 4.37. The van der Waals surface area contributed by atoms with E-state index in [1.54, 1.807) is 11.0 Å². The van der Waals surface area contributed by atoms with Crippen LogP contribution in [0.1, 0.15) is 57.1 Å². The van der Waals surface area contributed by atoms with Gasteiger partial charge in [0.25, 0.3) is 5.91 Å². The molecule has 2 fully saturated rings. The van der Waals surface area contributed by atoms with E-state index in [0.29, 0.717) is 43.8 Å². The first-order valence-electron chi connectivity index (χ1n) is 14.2. The summed E-state index contributed by atoms with van der Waals surface area (Å²) in [4.78, 5) is 32.0. The number of halogens is 1. The van der Waals surface area contributed by atoms with Gasteiger partial charge in [0.2, 0.25) is 0 Å². The van der Waals surface area contributed by atoms with Crippen LogP contribution < -0.4 is 4.74 Å². The minimum atomic E-state index is -1.07. The number of ether oxygens (including phenoxy) is 1. The number of rotatable bonds is 7. The van der Waals surface area contributed by atoms with Crippen LogP contribution in [-0.2, 0) is 11.3 Å². The molecule has 3 heterocycles. The van der Waals surface area contributed by atoms with Crippen molar-refractivity contribution in [3.8, 4) is 5.75 Å². The van der Waals surface area contributed by atoms with Crippen LogP contribution in [0, 0.1) is 5.82 Å². The third kappa shape index (κ3) is 5.79. The molecule has 1 aliphatic carbocycles. The van der Waals surface area contributed by atoms with E-state index in [1.807, 2.05) is 28.3 Å². The molecule has 2 saturated heterocycles. The predicted octanol–water partition coefficient (Wildman–Crippen LogP) is 4.63. The minimum Gasteiger partial charge on any atom is -0.497 e. The van der Waals surface area contributed by atoms with Crippen LogP contribution in [0.5, 0.6) is 5.75 Å². The van der Waals surface area contributed by atoms with E-state index in [1.165, 1.54) is 31.7 Å². The summed E-state index contributed by atoms with van der Waals surface area (Å²) in [5.74, 6) is -0.338. The number of aromatic amines is 1. The Morgan fingerprint density at radius 1 is 1.24 bits per heavy atom. The number of carbonyl (C=O) groups is 2. The third-order valence-corrected chi connectivity index (χ3v) is 8.51. The van der Waals surface area contributed by atoms with Crippen LogP contribution in [-0.4, -0.2) is 80.3 Å². The van der Waals surface area contributed by atoms with Crippen LogP contribution in [0.2, 0.25) is 0 Å². The lowest BCUT2D eigenvalue weighted by Gasteiger charge is -2.44. The average Bonchev–Trinajstić information content (AvgIpc) is 3.57. The summed E-state index contributed by atoms with van der Waals surface area (Å²) < 4.78 is 19.7. The number of allylic oxidation sites excluding steroid dienone is 5. The minimum absolute atomic E-state index is 0.149. The molecule has 3 amide bonds. The van der Waals surface area contributed by atoms with E-state index >= 15 is 0 Å². The zero-order valence-corrected chi connectivity index (χ0v) is 23.9. The fourth-order valence-electron chi connectivity index (χ4n) is 6.23. The number of nitrogens with one attached hydrogen (secondary N) is 1. The van der Waals surface area contributed by atoms with Crippen molar-refractivity contribution in [2.75, 3.05) is 26.7 Å². The van der Waals surface area contributed by atoms with Gasteiger partial charge in [-0.3, -0.25) is 14.8 Å². The third-order valence-electron chi connectivity index (χ3n) is 8.51. The van der Waals surface area contributed by atoms with Crippen molar-refractivity contribution < 1.29 is 23.8 Å². The average molecular weight is 564 g/mol. The lowest BCUT2D eigenvalue weighted by atomic mass is 9.86. The van der Waals surface area contributed by atoms with Crippen molar-refractivity contribution in [2.45, 2.75) is 64.1 Å². The van der Waals surface area contributed by atoms with Crippen molar-refractivity contribution in [3.05, 3.63) is 77.0 Å². The van der Waals surface area contributed by atoms with Crippen molar-refractivity contribution in [3.63, 3.8) is 0 Å². The zero-order valence-electron chi connectivity index (χ0n) is 23.9. The van der Waals surface area contributed by atoms with Crippen LogP contribution >= 0.6 is 0 Å². The van der Waals surface area contributed by atoms with Crippen LogP contribution in [0.25, 0.3) is 5.57 Å². The SMILES string of the molecule is CC/C1=C(c2cn[nH]c2)/C=C\C(N2CC3(CCN(C(=O)C(C)O)CC3)N(Cc3cc(F)cc(OC)c3)C2=O)=C/CC1. The van der Waals surface area contributed by atoms with Crippen LogP contribution in [0.15, 0.2) is 60.1 Å². The standard InChI is InChI=1S/C31H38FN5O4/c1-4-23-6-5-7-26(8-9-28(23)24-17-33-34-18-24)36-20-31(10-12-35(13-11-31)29(39)21(2)38)37(30(36)40)19-22-14-25(32)16-27(15-22)41-3/h7-9,14-18,21,38H,4-6,10-13,19-20H2,1-3H3,(H,33,34)/b9-8-,26-7+,28-23+. The number of aliphatic hydroxyl groups excluding tert-OH is 1. The lowest BCUT2D eigenvalue weighted by molar-refractivity contribution is -0.141. The van der Waals surface area contributed by atoms with Gasteiger partial charge in [-0.25, -0.2) is 9.18 Å². The summed E-state index contributed by atoms with van der Waals surface area (Å²) in [5, 5.41) is 16.9. The number of nitrogens with zero attached hydrogens (tertiary/aromatic N) is 4. The Hall–Kier alpha value is -3.92. The summed E-state index contributed by atoms with van der Waals surface area (Å²) in [6, 6.07) is 4.35. The molecule has 1 unspecified atom stereocenters. The summed E-state index contributed by atoms with van der Waals surface area (Å²) in [7, 11) is 1.49. The van der Waals surface area contributed by atoms with E-state index in [0.717, 1.165) is 36.1 Å². The van der Waals surface area contributed by atoms with E-state index in [4.69, 9.17) is 4.74 Å². The fraction of sp³-hybridized carbons (Fsp3) is 0.452. The number of piperidine rings is 1. The first-order valence-corrected chi connectivity index (χ1v) is 14.2. The zero-order chi connectivity index (χ0) is 29.1. The molecular weight excluding hydrogens is 525 g/mol. The molecule has 0 saturated carbocycles. The van der Waals surface area contributed by atoms with Crippen molar-refractivity contribution in [1.82, 2.24) is 24.9 Å². The maximum Gasteiger partial charge on any atom is 0.325 e. The molecule has 10 heteroatoms. The molecule has 1 aromatic heterocycles. The Kier molecular flexibility index (Phi) is 8.30. The van der Waals surface area contributed by atoms with Crippen LogP contribution in [0.4, 0.5) is 9.18 Å². The second kappa shape index (κ2) is 11.9. The number of likely N-dealkylation sites (tertiary alicyclic amines) is 1. The number of carbonyl (C=O) groups excluding carboxylic acids is 2. The van der Waals surface area contributed by atoms with Crippen molar-refractivity contribution in [2.24, 2.45) is 0 Å². The van der Waals surface area contributed by atoms with Gasteiger partial charge in [-0.1, -0.05) is 24.6 Å². The number of hydrogen-bond donors (Lipinski definition) is 2. The molecule has 0 radical (unpaired) electrons. The Morgan fingerprint density at radius 2 is 2.02 bits per heavy atom. The van der Waals surface area contributed by atoms with Gasteiger partial charge < -0.3 is 19.6 Å². The van der Waals surface area contributed by atoms with Crippen LogP contribution in [0.3, 0.4) is 0 Å². The molecule has 218 valence electrons. The second-order valence-electron chi connectivity index (χ2n) is 11.0. The second-order valence-corrected chi connectivity index (χ2v) is 11.0. The van der Waals surface area contributed by atoms with Gasteiger partial charge in [-0.05, 0) is 68.4 Å². The molecule has 3 aliphatic rings. The summed E-state index contributed by atoms with van der Waals surface area (Å²) in [6.45, 7) is 5.14. The van der Waals surface area contributed by atoms with E-state index in [2.05, 4.69) is 29.3 Å². The smallest absolute Gasteiger partial charge is 0.325 e. The van der Waals surface area contributed by atoms with Gasteiger partial charge in [0.15, 0.2) is 0 Å². The summed E-state index contributed by atoms with van der Waals surface area (Å²) in [6.07, 6.45) is 12.5. The molecule has 2 N–H and O–H groups in total. The molecule has 1 aromatic carbocycles. The number of methoxy groups -OCH3 is 1. The molecular formula is C31H38FN5O4. The molecule has 0 bridgehead atoms. The van der Waals surface area contributed by atoms with E-state index < -0.39 is 17.5 Å². The van der Waals surface area contributed by atoms with Gasteiger partial charge in [0, 0.05) is 43.2 Å². The molecule has 9 nitrogen and oxygen atoms in total. The maximum absolute atomic E-state index is 14.4. The number of hydrogen-bond acceptors (Lipinski definition) is 5. The highest BCUT2D eigenvalue weighted by Crippen LogP contribution is 2.40. The van der Waals surface area contributed by atoms with E-state index in [9.17, 15) is 19.1 Å². The highest BCUT2D eigenvalue weighted by molar-refractivity contribution is 5.83. The van der Waals surface area contributed by atoms with Gasteiger partial charge in [-0.15, -0.1) is 0 Å². The highest BCUT2D eigenvalue weighted by Gasteiger charge is 2.52. The number of amides is 3. The molecule has 5 rings (SSSR count). The molecule has 1 atom stereocenters. The summed E-state index contributed by atoms with van der Waals surface area (Å²) >= 11 is 0. The number of aliphatic hydroxyl groups is 1. The number of benzene rings is 1. The van der Waals surface area contributed by atoms with Crippen molar-refractivity contribution >= 4 is 17.5 Å². The number of H-pyrrole nitrogens is 1. The number of aromatic nitrogens is 2. The molecule has 2 aromatic rings. The van der Waals surface area contributed by atoms with Gasteiger partial charge in [0.1, 0.15) is 17.7 Å².